The lowest BCUT2D eigenvalue weighted by molar-refractivity contribution is -0.00000497. The number of hydrogen-bond donors (Lipinski definition) is 0. The lowest BCUT2D eigenvalue weighted by Gasteiger charge is -2.18. The van der Waals surface area contributed by atoms with Gasteiger partial charge in [-0.05, 0) is 25.7 Å². The first-order valence-corrected chi connectivity index (χ1v) is 13.0. The second kappa shape index (κ2) is 18.3. The maximum absolute atomic E-state index is 2.60. The van der Waals surface area contributed by atoms with Crippen LogP contribution >= 0.6 is 7.26 Å². The minimum absolute atomic E-state index is 0. The van der Waals surface area contributed by atoms with Crippen LogP contribution < -0.4 is 17.0 Å². The summed E-state index contributed by atoms with van der Waals surface area (Å²) in [7, 11) is -0.565. The molecular formula is C20H44BrP. The summed E-state index contributed by atoms with van der Waals surface area (Å²) >= 11 is 0. The molecule has 0 saturated carbocycles. The van der Waals surface area contributed by atoms with Crippen molar-refractivity contribution in [3.63, 3.8) is 0 Å². The Balaban J connectivity index is 0. The van der Waals surface area contributed by atoms with Gasteiger partial charge in [0.2, 0.25) is 0 Å². The molecule has 0 aromatic carbocycles. The smallest absolute Gasteiger partial charge is 0.0589 e. The molecule has 2 heteroatoms. The van der Waals surface area contributed by atoms with Gasteiger partial charge in [0, 0.05) is 20.6 Å². The Morgan fingerprint density at radius 2 is 0.727 bits per heavy atom. The lowest BCUT2D eigenvalue weighted by Crippen LogP contribution is -3.00. The average molecular weight is 395 g/mol. The van der Waals surface area contributed by atoms with Crippen LogP contribution in [0.15, 0.2) is 0 Å². The Labute approximate surface area is 153 Å². The Kier molecular flexibility index (Phi) is 20.9. The van der Waals surface area contributed by atoms with Crippen LogP contribution in [0.5, 0.6) is 0 Å². The monoisotopic (exact) mass is 394 g/mol. The lowest BCUT2D eigenvalue weighted by atomic mass is 10.1. The van der Waals surface area contributed by atoms with Crippen LogP contribution in [0.1, 0.15) is 104 Å². The van der Waals surface area contributed by atoms with Crippen LogP contribution in [0.3, 0.4) is 0 Å². The number of unbranched alkanes of at least 4 members (excludes halogenated alkanes) is 12. The highest BCUT2D eigenvalue weighted by Gasteiger charge is 2.23. The number of halogens is 1. The third-order valence-electron chi connectivity index (χ3n) is 4.73. The van der Waals surface area contributed by atoms with Gasteiger partial charge in [-0.25, -0.2) is 0 Å². The van der Waals surface area contributed by atoms with Crippen molar-refractivity contribution in [3.8, 4) is 0 Å². The average Bonchev–Trinajstić information content (AvgIpc) is 2.45. The van der Waals surface area contributed by atoms with Crippen LogP contribution in [-0.4, -0.2) is 25.7 Å². The quantitative estimate of drug-likeness (QED) is 0.261. The molecule has 0 heterocycles. The molecular weight excluding hydrogens is 351 g/mol. The van der Waals surface area contributed by atoms with Crippen molar-refractivity contribution in [1.29, 1.82) is 0 Å². The Hall–Kier alpha value is 0.910. The van der Waals surface area contributed by atoms with Crippen LogP contribution in [0.25, 0.3) is 0 Å². The largest absolute Gasteiger partial charge is 1.00 e. The second-order valence-electron chi connectivity index (χ2n) is 7.63. The van der Waals surface area contributed by atoms with E-state index in [2.05, 4.69) is 27.2 Å². The predicted molar refractivity (Wildman–Crippen MR) is 104 cm³/mol. The van der Waals surface area contributed by atoms with Crippen LogP contribution in [0, 0.1) is 0 Å². The summed E-state index contributed by atoms with van der Waals surface area (Å²) in [6, 6.07) is 0. The Morgan fingerprint density at radius 1 is 0.455 bits per heavy atom. The summed E-state index contributed by atoms with van der Waals surface area (Å²) in [6.45, 7) is 9.80. The van der Waals surface area contributed by atoms with E-state index in [4.69, 9.17) is 0 Å². The highest BCUT2D eigenvalue weighted by atomic mass is 79.9. The van der Waals surface area contributed by atoms with Gasteiger partial charge in [0.25, 0.3) is 0 Å². The molecule has 0 aliphatic heterocycles. The van der Waals surface area contributed by atoms with E-state index in [1.165, 1.54) is 89.9 Å². The molecule has 0 aliphatic rings. The van der Waals surface area contributed by atoms with E-state index >= 15 is 0 Å². The summed E-state index contributed by atoms with van der Waals surface area (Å²) in [5, 5.41) is 0. The van der Waals surface area contributed by atoms with Crippen LogP contribution in [0.2, 0.25) is 0 Å². The summed E-state index contributed by atoms with van der Waals surface area (Å²) in [5.41, 5.74) is 0. The van der Waals surface area contributed by atoms with E-state index in [1.54, 1.807) is 12.3 Å². The van der Waals surface area contributed by atoms with Crippen molar-refractivity contribution in [2.24, 2.45) is 0 Å². The summed E-state index contributed by atoms with van der Waals surface area (Å²) in [6.07, 6.45) is 23.6. The molecule has 0 radical (unpaired) electrons. The van der Waals surface area contributed by atoms with Crippen molar-refractivity contribution in [3.05, 3.63) is 0 Å². The third kappa shape index (κ3) is 19.0. The van der Waals surface area contributed by atoms with Gasteiger partial charge in [-0.15, -0.1) is 0 Å². The molecule has 0 fully saturated rings. The fourth-order valence-electron chi connectivity index (χ4n) is 3.11. The molecule has 0 spiro atoms. The van der Waals surface area contributed by atoms with Gasteiger partial charge in [0.05, 0.1) is 12.3 Å². The molecule has 22 heavy (non-hydrogen) atoms. The highest BCUT2D eigenvalue weighted by molar-refractivity contribution is 7.74. The van der Waals surface area contributed by atoms with Crippen molar-refractivity contribution in [1.82, 2.24) is 0 Å². The van der Waals surface area contributed by atoms with Gasteiger partial charge in [0.1, 0.15) is 0 Å². The van der Waals surface area contributed by atoms with Crippen molar-refractivity contribution < 1.29 is 17.0 Å². The maximum atomic E-state index is 2.60. The minimum atomic E-state index is -0.565. The molecule has 0 unspecified atom stereocenters. The molecule has 0 aromatic rings. The van der Waals surface area contributed by atoms with Gasteiger partial charge < -0.3 is 17.0 Å². The van der Waals surface area contributed by atoms with Gasteiger partial charge in [-0.2, -0.15) is 0 Å². The second-order valence-corrected chi connectivity index (χ2v) is 12.4. The zero-order valence-corrected chi connectivity index (χ0v) is 18.6. The Bertz CT molecular complexity index is 184. The van der Waals surface area contributed by atoms with E-state index in [9.17, 15) is 0 Å². The minimum Gasteiger partial charge on any atom is -1.00 e. The molecule has 0 aliphatic carbocycles. The molecule has 0 saturated heterocycles. The first kappa shape index (κ1) is 25.2. The zero-order valence-electron chi connectivity index (χ0n) is 16.1. The number of rotatable bonds is 16. The summed E-state index contributed by atoms with van der Waals surface area (Å²) in [4.78, 5) is 0. The van der Waals surface area contributed by atoms with Crippen LogP contribution in [-0.2, 0) is 0 Å². The zero-order chi connectivity index (χ0) is 15.8. The normalized spacial score (nSPS) is 11.5. The van der Waals surface area contributed by atoms with Gasteiger partial charge in [-0.3, -0.25) is 0 Å². The molecule has 0 N–H and O–H groups in total. The topological polar surface area (TPSA) is 0 Å². The molecule has 0 atom stereocenters. The number of hydrogen-bond acceptors (Lipinski definition) is 0. The Morgan fingerprint density at radius 3 is 1.05 bits per heavy atom. The van der Waals surface area contributed by atoms with Gasteiger partial charge in [0.15, 0.2) is 0 Å². The van der Waals surface area contributed by atoms with Crippen LogP contribution in [0.4, 0.5) is 0 Å². The first-order chi connectivity index (χ1) is 10.1. The van der Waals surface area contributed by atoms with E-state index < -0.39 is 7.26 Å². The molecule has 0 amide bonds. The highest BCUT2D eigenvalue weighted by Crippen LogP contribution is 2.52. The fourth-order valence-corrected chi connectivity index (χ4v) is 5.49. The van der Waals surface area contributed by atoms with E-state index in [-0.39, 0.29) is 17.0 Å². The fraction of sp³-hybridized carbons (Fsp3) is 1.00. The third-order valence-corrected chi connectivity index (χ3v) is 7.79. The molecule has 0 aromatic heterocycles. The summed E-state index contributed by atoms with van der Waals surface area (Å²) < 4.78 is 0. The molecule has 0 nitrogen and oxygen atoms in total. The predicted octanol–water partition coefficient (Wildman–Crippen LogP) is 4.77. The standard InChI is InChI=1S/C20H44P.BrH/c1-5-7-9-11-13-15-17-19-21(3,4)20-18-16-14-12-10-8-6-2;/h5-20H2,1-4H3;1H/q+1;/p-1. The van der Waals surface area contributed by atoms with Gasteiger partial charge >= 0.3 is 0 Å². The van der Waals surface area contributed by atoms with Gasteiger partial charge in [-0.1, -0.05) is 78.1 Å². The van der Waals surface area contributed by atoms with Crippen molar-refractivity contribution in [2.75, 3.05) is 25.7 Å². The van der Waals surface area contributed by atoms with Crippen molar-refractivity contribution >= 4 is 7.26 Å². The van der Waals surface area contributed by atoms with E-state index in [0.29, 0.717) is 0 Å². The molecule has 0 bridgehead atoms. The SMILES string of the molecule is CCCCCCCCC[P+](C)(C)CCCCCCCCC.[Br-]. The van der Waals surface area contributed by atoms with E-state index in [0.717, 1.165) is 0 Å². The first-order valence-electron chi connectivity index (χ1n) is 9.94. The van der Waals surface area contributed by atoms with Crippen molar-refractivity contribution in [2.45, 2.75) is 104 Å². The molecule has 0 rings (SSSR count). The van der Waals surface area contributed by atoms with E-state index in [1.807, 2.05) is 0 Å². The maximum Gasteiger partial charge on any atom is 0.0589 e. The summed E-state index contributed by atoms with van der Waals surface area (Å²) in [5.74, 6) is 0. The molecule has 136 valence electrons.